The highest BCUT2D eigenvalue weighted by Gasteiger charge is 2.60. The standard InChI is InChI=1S/C24H28BrF3N2O4/c25-23-11-15-7-16(12-23)10-22(9-15,14-23)21(32)34-13-20(31)29-18-8-17(24(26,27)28)1-2-19(18)30-3-5-33-6-4-30/h1-2,8,15-16H,3-7,9-14H2,(H,29,31)/t15-,16+,22?,23?. The summed E-state index contributed by atoms with van der Waals surface area (Å²) in [5.41, 5.74) is -0.887. The van der Waals surface area contributed by atoms with Crippen LogP contribution in [0.15, 0.2) is 18.2 Å². The Balaban J connectivity index is 1.27. The lowest BCUT2D eigenvalue weighted by atomic mass is 9.49. The average Bonchev–Trinajstić information content (AvgIpc) is 2.75. The van der Waals surface area contributed by atoms with Crippen LogP contribution < -0.4 is 10.2 Å². The maximum absolute atomic E-state index is 13.3. The van der Waals surface area contributed by atoms with Crippen LogP contribution in [0, 0.1) is 17.3 Å². The summed E-state index contributed by atoms with van der Waals surface area (Å²) >= 11 is 3.86. The molecule has 5 fully saturated rings. The van der Waals surface area contributed by atoms with Gasteiger partial charge in [-0.25, -0.2) is 0 Å². The minimum Gasteiger partial charge on any atom is -0.455 e. The van der Waals surface area contributed by atoms with Gasteiger partial charge < -0.3 is 19.7 Å². The van der Waals surface area contributed by atoms with E-state index in [-0.39, 0.29) is 16.0 Å². The molecule has 186 valence electrons. The minimum atomic E-state index is -4.54. The van der Waals surface area contributed by atoms with Gasteiger partial charge in [0.05, 0.1) is 35.6 Å². The van der Waals surface area contributed by atoms with E-state index in [2.05, 4.69) is 21.2 Å². The van der Waals surface area contributed by atoms with Crippen LogP contribution in [0.4, 0.5) is 24.5 Å². The predicted molar refractivity (Wildman–Crippen MR) is 123 cm³/mol. The van der Waals surface area contributed by atoms with Crippen molar-refractivity contribution in [1.29, 1.82) is 0 Å². The number of ether oxygens (including phenoxy) is 2. The Hall–Kier alpha value is -1.81. The Morgan fingerprint density at radius 2 is 1.82 bits per heavy atom. The molecule has 34 heavy (non-hydrogen) atoms. The van der Waals surface area contributed by atoms with Crippen molar-refractivity contribution in [2.45, 2.75) is 49.0 Å². The largest absolute Gasteiger partial charge is 0.455 e. The number of esters is 1. The smallest absolute Gasteiger partial charge is 0.416 e. The first-order chi connectivity index (χ1) is 16.1. The number of carbonyl (C=O) groups is 2. The van der Waals surface area contributed by atoms with E-state index in [1.54, 1.807) is 0 Å². The molecule has 0 radical (unpaired) electrons. The van der Waals surface area contributed by atoms with Gasteiger partial charge >= 0.3 is 12.1 Å². The highest BCUT2D eigenvalue weighted by molar-refractivity contribution is 9.10. The van der Waals surface area contributed by atoms with Crippen LogP contribution >= 0.6 is 15.9 Å². The van der Waals surface area contributed by atoms with Crippen molar-refractivity contribution in [3.05, 3.63) is 23.8 Å². The number of benzene rings is 1. The molecule has 0 spiro atoms. The topological polar surface area (TPSA) is 67.9 Å². The number of halogens is 4. The van der Waals surface area contributed by atoms with Crippen LogP contribution in [-0.4, -0.2) is 49.1 Å². The lowest BCUT2D eigenvalue weighted by Crippen LogP contribution is -2.56. The molecule has 1 aromatic rings. The van der Waals surface area contributed by atoms with Gasteiger partial charge in [0.15, 0.2) is 6.61 Å². The summed E-state index contributed by atoms with van der Waals surface area (Å²) in [5, 5.41) is 2.55. The number of nitrogens with one attached hydrogen (secondary N) is 1. The normalized spacial score (nSPS) is 32.5. The number of hydrogen-bond acceptors (Lipinski definition) is 5. The number of rotatable bonds is 5. The van der Waals surface area contributed by atoms with Gasteiger partial charge in [0.25, 0.3) is 5.91 Å². The maximum atomic E-state index is 13.3. The molecule has 6 nitrogen and oxygen atoms in total. The van der Waals surface area contributed by atoms with Gasteiger partial charge in [0.2, 0.25) is 0 Å². The summed E-state index contributed by atoms with van der Waals surface area (Å²) in [7, 11) is 0. The molecule has 1 heterocycles. The van der Waals surface area contributed by atoms with Gasteiger partial charge in [-0.1, -0.05) is 15.9 Å². The summed E-state index contributed by atoms with van der Waals surface area (Å²) in [6, 6.07) is 3.29. The highest BCUT2D eigenvalue weighted by Crippen LogP contribution is 2.64. The van der Waals surface area contributed by atoms with Crippen molar-refractivity contribution in [2.75, 3.05) is 43.1 Å². The third-order valence-corrected chi connectivity index (χ3v) is 8.63. The number of carbonyl (C=O) groups excluding carboxylic acids is 2. The Morgan fingerprint density at radius 3 is 2.44 bits per heavy atom. The molecule has 1 aromatic carbocycles. The van der Waals surface area contributed by atoms with Crippen molar-refractivity contribution < 1.29 is 32.2 Å². The maximum Gasteiger partial charge on any atom is 0.416 e. The van der Waals surface area contributed by atoms with E-state index in [9.17, 15) is 22.8 Å². The zero-order valence-electron chi connectivity index (χ0n) is 18.8. The van der Waals surface area contributed by atoms with Gasteiger partial charge in [0, 0.05) is 17.4 Å². The fourth-order valence-electron chi connectivity index (χ4n) is 6.75. The number of alkyl halides is 4. The Labute approximate surface area is 204 Å². The molecule has 4 saturated carbocycles. The van der Waals surface area contributed by atoms with Crippen molar-refractivity contribution in [2.24, 2.45) is 17.3 Å². The highest BCUT2D eigenvalue weighted by atomic mass is 79.9. The van der Waals surface area contributed by atoms with Gasteiger partial charge in [-0.2, -0.15) is 13.2 Å². The van der Waals surface area contributed by atoms with Gasteiger partial charge in [0.1, 0.15) is 0 Å². The summed E-state index contributed by atoms with van der Waals surface area (Å²) in [5.74, 6) is -0.0372. The van der Waals surface area contributed by atoms with Crippen LogP contribution in [0.1, 0.15) is 44.1 Å². The molecule has 4 bridgehead atoms. The summed E-state index contributed by atoms with van der Waals surface area (Å²) in [6.07, 6.45) is 1.01. The van der Waals surface area contributed by atoms with Crippen LogP contribution in [0.25, 0.3) is 0 Å². The zero-order valence-corrected chi connectivity index (χ0v) is 20.3. The first kappa shape index (κ1) is 23.9. The molecule has 6 rings (SSSR count). The van der Waals surface area contributed by atoms with Gasteiger partial charge in [-0.15, -0.1) is 0 Å². The summed E-state index contributed by atoms with van der Waals surface area (Å²) in [4.78, 5) is 27.7. The molecule has 4 atom stereocenters. The molecule has 4 aliphatic carbocycles. The van der Waals surface area contributed by atoms with Crippen molar-refractivity contribution in [3.8, 4) is 0 Å². The molecule has 1 N–H and O–H groups in total. The molecule has 1 aliphatic heterocycles. The van der Waals surface area contributed by atoms with Crippen LogP contribution in [0.2, 0.25) is 0 Å². The Morgan fingerprint density at radius 1 is 1.15 bits per heavy atom. The van der Waals surface area contributed by atoms with Gasteiger partial charge in [-0.3, -0.25) is 9.59 Å². The van der Waals surface area contributed by atoms with E-state index >= 15 is 0 Å². The lowest BCUT2D eigenvalue weighted by Gasteiger charge is -2.58. The van der Waals surface area contributed by atoms with Crippen molar-refractivity contribution in [3.63, 3.8) is 0 Å². The second kappa shape index (κ2) is 8.69. The quantitative estimate of drug-likeness (QED) is 0.427. The van der Waals surface area contributed by atoms with E-state index in [0.29, 0.717) is 50.2 Å². The Bertz CT molecular complexity index is 965. The van der Waals surface area contributed by atoms with Gasteiger partial charge in [-0.05, 0) is 68.6 Å². The average molecular weight is 545 g/mol. The van der Waals surface area contributed by atoms with E-state index in [1.165, 1.54) is 6.07 Å². The third-order valence-electron chi connectivity index (χ3n) is 7.71. The number of hydrogen-bond donors (Lipinski definition) is 1. The fourth-order valence-corrected chi connectivity index (χ4v) is 8.20. The van der Waals surface area contributed by atoms with Crippen LogP contribution in [0.3, 0.4) is 0 Å². The molecule has 2 unspecified atom stereocenters. The predicted octanol–water partition coefficient (Wildman–Crippen LogP) is 4.76. The van der Waals surface area contributed by atoms with Crippen LogP contribution in [-0.2, 0) is 25.2 Å². The number of morpholine rings is 1. The second-order valence-corrected chi connectivity index (χ2v) is 12.0. The van der Waals surface area contributed by atoms with E-state index in [0.717, 1.165) is 44.2 Å². The molecular weight excluding hydrogens is 517 g/mol. The van der Waals surface area contributed by atoms with E-state index in [4.69, 9.17) is 9.47 Å². The summed E-state index contributed by atoms with van der Waals surface area (Å²) in [6.45, 7) is 1.38. The van der Waals surface area contributed by atoms with E-state index in [1.807, 2.05) is 4.90 Å². The molecular formula is C24H28BrF3N2O4. The van der Waals surface area contributed by atoms with Crippen molar-refractivity contribution in [1.82, 2.24) is 0 Å². The molecule has 0 aromatic heterocycles. The number of nitrogens with zero attached hydrogens (tertiary/aromatic N) is 1. The first-order valence-electron chi connectivity index (χ1n) is 11.8. The monoisotopic (exact) mass is 544 g/mol. The number of amides is 1. The SMILES string of the molecule is O=C(COC(=O)C12C[C@@H]3C[C@@H](CC(Br)(C3)C1)C2)Nc1cc(C(F)(F)F)ccc1N1CCOCC1. The zero-order chi connectivity index (χ0) is 24.1. The van der Waals surface area contributed by atoms with E-state index < -0.39 is 29.7 Å². The Kier molecular flexibility index (Phi) is 6.11. The number of anilines is 2. The lowest BCUT2D eigenvalue weighted by molar-refractivity contribution is -0.170. The minimum absolute atomic E-state index is 0.0244. The van der Waals surface area contributed by atoms with Crippen molar-refractivity contribution >= 4 is 39.2 Å². The van der Waals surface area contributed by atoms with Crippen LogP contribution in [0.5, 0.6) is 0 Å². The first-order valence-corrected chi connectivity index (χ1v) is 12.5. The molecule has 10 heteroatoms. The molecule has 1 saturated heterocycles. The summed E-state index contributed by atoms with van der Waals surface area (Å²) < 4.78 is 50.7. The second-order valence-electron chi connectivity index (χ2n) is 10.3. The molecule has 1 amide bonds. The third kappa shape index (κ3) is 4.67. The molecule has 5 aliphatic rings. The fraction of sp³-hybridized carbons (Fsp3) is 0.667.